The van der Waals surface area contributed by atoms with Crippen molar-refractivity contribution >= 4 is 12.1 Å². The number of hydrogen-bond acceptors (Lipinski definition) is 5. The van der Waals surface area contributed by atoms with Crippen LogP contribution in [0.25, 0.3) is 11.3 Å². The van der Waals surface area contributed by atoms with E-state index in [1.54, 1.807) is 24.4 Å². The number of benzene rings is 2. The van der Waals surface area contributed by atoms with Crippen LogP contribution in [-0.2, 0) is 0 Å². The van der Waals surface area contributed by atoms with Crippen LogP contribution in [0.3, 0.4) is 0 Å². The first kappa shape index (κ1) is 18.2. The minimum absolute atomic E-state index is 0.104. The van der Waals surface area contributed by atoms with Crippen LogP contribution in [0.4, 0.5) is 4.39 Å². The maximum absolute atomic E-state index is 13.5. The third-order valence-electron chi connectivity index (χ3n) is 3.60. The summed E-state index contributed by atoms with van der Waals surface area (Å²) in [7, 11) is 0. The number of rotatable bonds is 6. The average Bonchev–Trinajstić information content (AvgIpc) is 2.70. The predicted molar refractivity (Wildman–Crippen MR) is 100 cm³/mol. The number of carbonyl (C=O) groups excluding carboxylic acids is 1. The van der Waals surface area contributed by atoms with Crippen molar-refractivity contribution in [2.45, 2.75) is 6.92 Å². The Balaban J connectivity index is 1.71. The fourth-order valence-corrected chi connectivity index (χ4v) is 2.30. The smallest absolute Gasteiger partial charge is 0.291 e. The highest BCUT2D eigenvalue weighted by molar-refractivity contribution is 5.93. The number of halogens is 1. The van der Waals surface area contributed by atoms with Gasteiger partial charge in [-0.3, -0.25) is 9.78 Å². The molecule has 27 heavy (non-hydrogen) atoms. The van der Waals surface area contributed by atoms with Crippen LogP contribution in [0.15, 0.2) is 66.0 Å². The summed E-state index contributed by atoms with van der Waals surface area (Å²) in [4.78, 5) is 20.6. The fourth-order valence-electron chi connectivity index (χ4n) is 2.30. The van der Waals surface area contributed by atoms with Crippen LogP contribution in [-0.4, -0.2) is 28.7 Å². The summed E-state index contributed by atoms with van der Waals surface area (Å²) in [6, 6.07) is 13.5. The molecular weight excluding hydrogens is 347 g/mol. The third kappa shape index (κ3) is 4.72. The normalized spacial score (nSPS) is 10.7. The molecule has 0 saturated carbocycles. The monoisotopic (exact) mass is 364 g/mol. The molecule has 0 atom stereocenters. The summed E-state index contributed by atoms with van der Waals surface area (Å²) >= 11 is 0. The standard InChI is InChI=1S/C20H17FN4O2/c1-2-27-16-9-7-14(8-10-16)18-12-22-13-19(24-18)20(26)25-23-11-15-5-3-4-6-17(15)21/h3-13H,2H2,1H3,(H,25,26)/b23-11+. The van der Waals surface area contributed by atoms with Gasteiger partial charge in [0.2, 0.25) is 0 Å². The molecule has 0 bridgehead atoms. The molecule has 2 aromatic carbocycles. The van der Waals surface area contributed by atoms with Gasteiger partial charge in [-0.2, -0.15) is 5.10 Å². The molecule has 7 heteroatoms. The van der Waals surface area contributed by atoms with Gasteiger partial charge in [-0.15, -0.1) is 0 Å². The molecule has 1 aromatic heterocycles. The Hall–Kier alpha value is -3.61. The van der Waals surface area contributed by atoms with E-state index in [-0.39, 0.29) is 11.3 Å². The van der Waals surface area contributed by atoms with Gasteiger partial charge in [-0.25, -0.2) is 14.8 Å². The Bertz CT molecular complexity index is 958. The largest absolute Gasteiger partial charge is 0.494 e. The summed E-state index contributed by atoms with van der Waals surface area (Å²) in [5.41, 5.74) is 4.04. The van der Waals surface area contributed by atoms with E-state index < -0.39 is 11.7 Å². The summed E-state index contributed by atoms with van der Waals surface area (Å²) in [5.74, 6) is -0.207. The number of carbonyl (C=O) groups is 1. The second-order valence-electron chi connectivity index (χ2n) is 5.47. The van der Waals surface area contributed by atoms with Gasteiger partial charge < -0.3 is 4.74 Å². The van der Waals surface area contributed by atoms with E-state index >= 15 is 0 Å². The van der Waals surface area contributed by atoms with Gasteiger partial charge in [0, 0.05) is 11.1 Å². The van der Waals surface area contributed by atoms with E-state index in [4.69, 9.17) is 4.74 Å². The lowest BCUT2D eigenvalue weighted by Crippen LogP contribution is -2.19. The molecule has 1 amide bonds. The number of hydrogen-bond donors (Lipinski definition) is 1. The van der Waals surface area contributed by atoms with Crippen LogP contribution < -0.4 is 10.2 Å². The number of amides is 1. The maximum Gasteiger partial charge on any atom is 0.291 e. The molecule has 0 fully saturated rings. The van der Waals surface area contributed by atoms with E-state index in [2.05, 4.69) is 20.5 Å². The molecule has 0 aliphatic carbocycles. The van der Waals surface area contributed by atoms with E-state index in [1.165, 1.54) is 18.5 Å². The van der Waals surface area contributed by atoms with E-state index in [0.717, 1.165) is 11.3 Å². The molecule has 0 saturated heterocycles. The number of nitrogens with zero attached hydrogens (tertiary/aromatic N) is 3. The van der Waals surface area contributed by atoms with Gasteiger partial charge in [0.25, 0.3) is 5.91 Å². The summed E-state index contributed by atoms with van der Waals surface area (Å²) in [6.07, 6.45) is 4.14. The molecule has 0 aliphatic heterocycles. The minimum Gasteiger partial charge on any atom is -0.494 e. The van der Waals surface area contributed by atoms with Crippen LogP contribution >= 0.6 is 0 Å². The van der Waals surface area contributed by atoms with Gasteiger partial charge >= 0.3 is 0 Å². The lowest BCUT2D eigenvalue weighted by Gasteiger charge is -2.05. The zero-order valence-electron chi connectivity index (χ0n) is 14.6. The van der Waals surface area contributed by atoms with Gasteiger partial charge in [-0.1, -0.05) is 18.2 Å². The van der Waals surface area contributed by atoms with Gasteiger partial charge in [0.1, 0.15) is 17.3 Å². The fraction of sp³-hybridized carbons (Fsp3) is 0.100. The summed E-state index contributed by atoms with van der Waals surface area (Å²) < 4.78 is 18.9. The first-order valence-electron chi connectivity index (χ1n) is 8.30. The topological polar surface area (TPSA) is 76.5 Å². The quantitative estimate of drug-likeness (QED) is 0.537. The number of ether oxygens (including phenoxy) is 1. The van der Waals surface area contributed by atoms with Crippen LogP contribution in [0, 0.1) is 5.82 Å². The SMILES string of the molecule is CCOc1ccc(-c2cncc(C(=O)N/N=C/c3ccccc3F)n2)cc1. The lowest BCUT2D eigenvalue weighted by atomic mass is 10.1. The molecule has 3 aromatic rings. The molecule has 0 radical (unpaired) electrons. The van der Waals surface area contributed by atoms with Crippen molar-refractivity contribution in [1.29, 1.82) is 0 Å². The van der Waals surface area contributed by atoms with E-state index in [0.29, 0.717) is 12.3 Å². The zero-order chi connectivity index (χ0) is 19.1. The van der Waals surface area contributed by atoms with E-state index in [1.807, 2.05) is 31.2 Å². The van der Waals surface area contributed by atoms with Crippen molar-refractivity contribution in [2.24, 2.45) is 5.10 Å². The highest BCUT2D eigenvalue weighted by Gasteiger charge is 2.09. The molecular formula is C20H17FN4O2. The van der Waals surface area contributed by atoms with Gasteiger partial charge in [0.15, 0.2) is 0 Å². The zero-order valence-corrected chi connectivity index (χ0v) is 14.6. The van der Waals surface area contributed by atoms with Crippen molar-refractivity contribution in [3.05, 3.63) is 78.0 Å². The Morgan fingerprint density at radius 1 is 1.19 bits per heavy atom. The molecule has 0 spiro atoms. The Morgan fingerprint density at radius 3 is 2.70 bits per heavy atom. The number of aromatic nitrogens is 2. The van der Waals surface area contributed by atoms with Crippen molar-refractivity contribution in [3.63, 3.8) is 0 Å². The number of nitrogens with one attached hydrogen (secondary N) is 1. The minimum atomic E-state index is -0.539. The van der Waals surface area contributed by atoms with Crippen molar-refractivity contribution in [1.82, 2.24) is 15.4 Å². The van der Waals surface area contributed by atoms with Gasteiger partial charge in [0.05, 0.1) is 30.9 Å². The molecule has 1 heterocycles. The van der Waals surface area contributed by atoms with Crippen LogP contribution in [0.5, 0.6) is 5.75 Å². The highest BCUT2D eigenvalue weighted by atomic mass is 19.1. The second kappa shape index (κ2) is 8.66. The maximum atomic E-state index is 13.5. The first-order valence-corrected chi connectivity index (χ1v) is 8.30. The molecule has 1 N–H and O–H groups in total. The average molecular weight is 364 g/mol. The first-order chi connectivity index (χ1) is 13.2. The van der Waals surface area contributed by atoms with E-state index in [9.17, 15) is 9.18 Å². The Labute approximate surface area is 155 Å². The van der Waals surface area contributed by atoms with Gasteiger partial charge in [-0.05, 0) is 37.3 Å². The van der Waals surface area contributed by atoms with Crippen molar-refractivity contribution in [3.8, 4) is 17.0 Å². The Kier molecular flexibility index (Phi) is 5.84. The predicted octanol–water partition coefficient (Wildman–Crippen LogP) is 3.45. The molecule has 0 unspecified atom stereocenters. The number of hydrazone groups is 1. The molecule has 136 valence electrons. The Morgan fingerprint density at radius 2 is 1.96 bits per heavy atom. The van der Waals surface area contributed by atoms with Crippen LogP contribution in [0.1, 0.15) is 23.0 Å². The highest BCUT2D eigenvalue weighted by Crippen LogP contribution is 2.20. The molecule has 6 nitrogen and oxygen atoms in total. The summed E-state index contributed by atoms with van der Waals surface area (Å²) in [5, 5.41) is 3.76. The van der Waals surface area contributed by atoms with Crippen molar-refractivity contribution in [2.75, 3.05) is 6.61 Å². The second-order valence-corrected chi connectivity index (χ2v) is 5.47. The summed E-state index contributed by atoms with van der Waals surface area (Å²) in [6.45, 7) is 2.50. The lowest BCUT2D eigenvalue weighted by molar-refractivity contribution is 0.0950. The third-order valence-corrected chi connectivity index (χ3v) is 3.60. The molecule has 0 aliphatic rings. The van der Waals surface area contributed by atoms with Crippen LogP contribution in [0.2, 0.25) is 0 Å². The van der Waals surface area contributed by atoms with Crippen molar-refractivity contribution < 1.29 is 13.9 Å². The molecule has 3 rings (SSSR count).